The quantitative estimate of drug-likeness (QED) is 0.447. The van der Waals surface area contributed by atoms with Gasteiger partial charge in [0.1, 0.15) is 12.9 Å². The smallest absolute Gasteiger partial charge is 0.410 e. The van der Waals surface area contributed by atoms with Crippen LogP contribution in [-0.2, 0) is 17.8 Å². The molecule has 1 amide bonds. The highest BCUT2D eigenvalue weighted by molar-refractivity contribution is 9.10. The van der Waals surface area contributed by atoms with E-state index in [1.165, 1.54) is 0 Å². The first-order chi connectivity index (χ1) is 13.9. The van der Waals surface area contributed by atoms with Crippen LogP contribution >= 0.6 is 27.5 Å². The number of hydrogen-bond donors (Lipinski definition) is 0. The highest BCUT2D eigenvalue weighted by Crippen LogP contribution is 2.34. The van der Waals surface area contributed by atoms with Crippen molar-refractivity contribution in [2.75, 3.05) is 6.61 Å². The van der Waals surface area contributed by atoms with E-state index in [0.29, 0.717) is 30.7 Å². The van der Waals surface area contributed by atoms with Gasteiger partial charge in [0.2, 0.25) is 0 Å². The summed E-state index contributed by atoms with van der Waals surface area (Å²) in [7, 11) is 0. The Bertz CT molecular complexity index is 1120. The van der Waals surface area contributed by atoms with Crippen molar-refractivity contribution in [3.63, 3.8) is 0 Å². The number of carbonyl (C=O) groups is 1. The van der Waals surface area contributed by atoms with Gasteiger partial charge in [-0.25, -0.2) is 19.4 Å². The van der Waals surface area contributed by atoms with Gasteiger partial charge in [0.05, 0.1) is 30.5 Å². The van der Waals surface area contributed by atoms with Crippen molar-refractivity contribution in [2.45, 2.75) is 33.0 Å². The molecule has 1 saturated heterocycles. The maximum atomic E-state index is 12.2. The van der Waals surface area contributed by atoms with Crippen molar-refractivity contribution in [3.8, 4) is 17.1 Å². The molecule has 29 heavy (non-hydrogen) atoms. The van der Waals surface area contributed by atoms with Gasteiger partial charge in [-0.1, -0.05) is 41.4 Å². The molecule has 0 N–H and O–H groups in total. The summed E-state index contributed by atoms with van der Waals surface area (Å²) in [6, 6.07) is 5.99. The fraction of sp³-hybridized carbons (Fsp3) is 0.368. The lowest BCUT2D eigenvalue weighted by molar-refractivity contribution is 0.154. The van der Waals surface area contributed by atoms with Gasteiger partial charge in [0.15, 0.2) is 16.8 Å². The van der Waals surface area contributed by atoms with Crippen LogP contribution in [0.15, 0.2) is 29.0 Å². The van der Waals surface area contributed by atoms with Crippen LogP contribution in [0.5, 0.6) is 0 Å². The van der Waals surface area contributed by atoms with Crippen molar-refractivity contribution in [1.29, 1.82) is 0 Å². The third-order valence-corrected chi connectivity index (χ3v) is 6.19. The molecule has 2 aliphatic rings. The second kappa shape index (κ2) is 6.84. The van der Waals surface area contributed by atoms with E-state index in [9.17, 15) is 4.79 Å². The molecule has 8 nitrogen and oxygen atoms in total. The van der Waals surface area contributed by atoms with Crippen molar-refractivity contribution in [3.05, 3.63) is 45.7 Å². The second-order valence-corrected chi connectivity index (χ2v) is 8.81. The Morgan fingerprint density at radius 3 is 3.00 bits per heavy atom. The Hall–Kier alpha value is -2.39. The molecular weight excluding hydrogens is 460 g/mol. The minimum atomic E-state index is -0.321. The van der Waals surface area contributed by atoms with E-state index >= 15 is 0 Å². The summed E-state index contributed by atoms with van der Waals surface area (Å²) in [5, 5.41) is 5.13. The van der Waals surface area contributed by atoms with Crippen LogP contribution in [0.1, 0.15) is 25.4 Å². The molecule has 0 bridgehead atoms. The van der Waals surface area contributed by atoms with Crippen LogP contribution in [0.25, 0.3) is 17.1 Å². The lowest BCUT2D eigenvalue weighted by Crippen LogP contribution is -2.36. The zero-order valence-corrected chi connectivity index (χ0v) is 18.2. The largest absolute Gasteiger partial charge is 0.447 e. The third kappa shape index (κ3) is 3.03. The predicted molar refractivity (Wildman–Crippen MR) is 110 cm³/mol. The number of halogens is 2. The minimum absolute atomic E-state index is 0.0168. The molecule has 150 valence electrons. The zero-order chi connectivity index (χ0) is 20.3. The highest BCUT2D eigenvalue weighted by Gasteiger charge is 2.36. The van der Waals surface area contributed by atoms with E-state index in [1.807, 2.05) is 27.4 Å². The minimum Gasteiger partial charge on any atom is -0.447 e. The molecule has 3 aromatic rings. The number of aromatic nitrogens is 5. The van der Waals surface area contributed by atoms with Crippen LogP contribution in [0.4, 0.5) is 4.79 Å². The zero-order valence-electron chi connectivity index (χ0n) is 15.8. The average molecular weight is 478 g/mol. The normalized spacial score (nSPS) is 17.8. The van der Waals surface area contributed by atoms with Crippen molar-refractivity contribution >= 4 is 33.6 Å². The lowest BCUT2D eigenvalue weighted by Gasteiger charge is -2.22. The van der Waals surface area contributed by atoms with E-state index in [4.69, 9.17) is 26.4 Å². The molecule has 1 fully saturated rings. The summed E-state index contributed by atoms with van der Waals surface area (Å²) in [6.07, 6.45) is 1.39. The number of rotatable bonds is 3. The maximum Gasteiger partial charge on any atom is 0.410 e. The summed E-state index contributed by atoms with van der Waals surface area (Å²) >= 11 is 9.88. The average Bonchev–Trinajstić information content (AvgIpc) is 3.33. The third-order valence-electron chi connectivity index (χ3n) is 5.38. The van der Waals surface area contributed by atoms with Gasteiger partial charge in [-0.2, -0.15) is 5.10 Å². The molecule has 1 atom stereocenters. The Labute approximate surface area is 180 Å². The van der Waals surface area contributed by atoms with Crippen LogP contribution in [0.3, 0.4) is 0 Å². The van der Waals surface area contributed by atoms with E-state index < -0.39 is 0 Å². The Balaban J connectivity index is 1.59. The summed E-state index contributed by atoms with van der Waals surface area (Å²) < 4.78 is 9.97. The molecule has 2 aromatic heterocycles. The first-order valence-electron chi connectivity index (χ1n) is 9.31. The van der Waals surface area contributed by atoms with Crippen molar-refractivity contribution in [1.82, 2.24) is 29.2 Å². The summed E-state index contributed by atoms with van der Waals surface area (Å²) in [4.78, 5) is 23.0. The number of benzene rings is 1. The van der Waals surface area contributed by atoms with Crippen LogP contribution in [-0.4, -0.2) is 48.0 Å². The summed E-state index contributed by atoms with van der Waals surface area (Å²) in [5.74, 6) is 1.58. The van der Waals surface area contributed by atoms with E-state index in [2.05, 4.69) is 34.8 Å². The van der Waals surface area contributed by atoms with E-state index in [0.717, 1.165) is 27.2 Å². The summed E-state index contributed by atoms with van der Waals surface area (Å²) in [6.45, 7) is 5.29. The summed E-state index contributed by atoms with van der Waals surface area (Å²) in [5.41, 5.74) is 2.68. The predicted octanol–water partition coefficient (Wildman–Crippen LogP) is 3.89. The Kier molecular flexibility index (Phi) is 4.40. The first kappa shape index (κ1) is 18.6. The van der Waals surface area contributed by atoms with Gasteiger partial charge in [0.25, 0.3) is 0 Å². The number of imidazole rings is 1. The highest BCUT2D eigenvalue weighted by atomic mass is 79.9. The number of ether oxygens (including phenoxy) is 1. The molecule has 5 rings (SSSR count). The molecule has 10 heteroatoms. The molecule has 1 aromatic carbocycles. The molecule has 0 radical (unpaired) electrons. The fourth-order valence-electron chi connectivity index (χ4n) is 3.86. The molecule has 2 aliphatic heterocycles. The SMILES string of the molecule is CC(C)[C@H]1COC(=O)N1Cc1nc2n(n1)Cc1c(Cl)ncn1-c1ccc(Br)cc1-2. The monoisotopic (exact) mass is 476 g/mol. The molecule has 4 heterocycles. The number of nitrogens with zero attached hydrogens (tertiary/aromatic N) is 6. The standard InChI is InChI=1S/C19H18BrClN6O2/c1-10(2)15-8-29-19(28)25(15)7-16-23-18-12-5-11(20)3-4-13(12)26-9-22-17(21)14(26)6-27(18)24-16/h3-5,9-10,15H,6-8H2,1-2H3/t15-/m1/s1. The molecular formula is C19H18BrClN6O2. The van der Waals surface area contributed by atoms with Gasteiger partial charge in [-0.05, 0) is 24.1 Å². The maximum absolute atomic E-state index is 12.2. The van der Waals surface area contributed by atoms with E-state index in [1.54, 1.807) is 11.2 Å². The first-order valence-corrected chi connectivity index (χ1v) is 10.5. The molecule has 0 spiro atoms. The second-order valence-electron chi connectivity index (χ2n) is 7.54. The number of hydrogen-bond acceptors (Lipinski definition) is 5. The topological polar surface area (TPSA) is 78.1 Å². The van der Waals surface area contributed by atoms with Gasteiger partial charge in [-0.3, -0.25) is 9.47 Å². The Morgan fingerprint density at radius 2 is 2.21 bits per heavy atom. The van der Waals surface area contributed by atoms with Crippen LogP contribution < -0.4 is 0 Å². The molecule has 0 aliphatic carbocycles. The van der Waals surface area contributed by atoms with Crippen LogP contribution in [0.2, 0.25) is 5.15 Å². The van der Waals surface area contributed by atoms with Gasteiger partial charge in [-0.15, -0.1) is 0 Å². The molecule has 0 unspecified atom stereocenters. The van der Waals surface area contributed by atoms with Crippen molar-refractivity contribution < 1.29 is 9.53 Å². The number of amides is 1. The number of cyclic esters (lactones) is 1. The van der Waals surface area contributed by atoms with Crippen LogP contribution in [0, 0.1) is 5.92 Å². The van der Waals surface area contributed by atoms with Gasteiger partial charge >= 0.3 is 6.09 Å². The van der Waals surface area contributed by atoms with Gasteiger partial charge < -0.3 is 4.74 Å². The number of carbonyl (C=O) groups excluding carboxylic acids is 1. The molecule has 0 saturated carbocycles. The Morgan fingerprint density at radius 1 is 1.38 bits per heavy atom. The number of fused-ring (bicyclic) bond motifs is 5. The van der Waals surface area contributed by atoms with Crippen molar-refractivity contribution in [2.24, 2.45) is 5.92 Å². The fourth-order valence-corrected chi connectivity index (χ4v) is 4.41. The van der Waals surface area contributed by atoms with E-state index in [-0.39, 0.29) is 18.1 Å². The van der Waals surface area contributed by atoms with Gasteiger partial charge in [0, 0.05) is 10.0 Å². The lowest BCUT2D eigenvalue weighted by atomic mass is 10.0.